The molecule has 2 rings (SSSR count). The number of benzene rings is 2. The van der Waals surface area contributed by atoms with E-state index in [1.54, 1.807) is 0 Å². The van der Waals surface area contributed by atoms with Crippen molar-refractivity contribution in [3.8, 4) is 11.8 Å². The molecule has 0 amide bonds. The van der Waals surface area contributed by atoms with Gasteiger partial charge in [-0.15, -0.1) is 0 Å². The van der Waals surface area contributed by atoms with Gasteiger partial charge in [0.25, 0.3) is 0 Å². The molecule has 302 valence electrons. The third-order valence-electron chi connectivity index (χ3n) is 10.9. The third kappa shape index (κ3) is 21.4. The van der Waals surface area contributed by atoms with Crippen LogP contribution < -0.4 is 0 Å². The second-order valence-electron chi connectivity index (χ2n) is 16.1. The van der Waals surface area contributed by atoms with E-state index >= 15 is 0 Å². The van der Waals surface area contributed by atoms with Crippen LogP contribution in [0.1, 0.15) is 231 Å². The molecule has 0 saturated heterocycles. The molecule has 0 atom stereocenters. The van der Waals surface area contributed by atoms with Gasteiger partial charge in [0.1, 0.15) is 5.71 Å². The summed E-state index contributed by atoms with van der Waals surface area (Å²) >= 11 is 0. The van der Waals surface area contributed by atoms with Crippen LogP contribution in [-0.2, 0) is 25.7 Å². The van der Waals surface area contributed by atoms with Crippen LogP contribution in [0.15, 0.2) is 46.4 Å². The summed E-state index contributed by atoms with van der Waals surface area (Å²) in [5, 5.41) is 0. The standard InChI is InChI=1S/C52H84N2/c1-7-13-17-19-20-21-22-23-24-25-26-27-28-32-38-52(54-50-42-40-46(35-29-15-9-3)48(44-50)36-30-16-10-4)51(37-31-18-14-8-2)53-49-41-39-45(33-11-5)47(43-49)34-12-6/h39-44H,7-31,33-37H2,1-6H3. The molecule has 0 heterocycles. The maximum Gasteiger partial charge on any atom is 0.135 e. The predicted octanol–water partition coefficient (Wildman–Crippen LogP) is 17.0. The van der Waals surface area contributed by atoms with Gasteiger partial charge in [-0.05, 0) is 110 Å². The number of hydrogen-bond acceptors (Lipinski definition) is 2. The van der Waals surface area contributed by atoms with Crippen LogP contribution in [-0.4, -0.2) is 11.4 Å². The highest BCUT2D eigenvalue weighted by atomic mass is 14.8. The quantitative estimate of drug-likeness (QED) is 0.0406. The third-order valence-corrected chi connectivity index (χ3v) is 10.9. The van der Waals surface area contributed by atoms with Gasteiger partial charge in [-0.2, -0.15) is 0 Å². The Bertz CT molecular complexity index is 1350. The van der Waals surface area contributed by atoms with E-state index < -0.39 is 0 Å². The minimum atomic E-state index is 0.887. The maximum atomic E-state index is 5.42. The van der Waals surface area contributed by atoms with E-state index in [0.29, 0.717) is 0 Å². The number of aryl methyl sites for hydroxylation is 4. The molecule has 2 nitrogen and oxygen atoms in total. The van der Waals surface area contributed by atoms with Gasteiger partial charge in [-0.25, -0.2) is 4.99 Å². The largest absolute Gasteiger partial charge is 0.251 e. The molecule has 2 aromatic rings. The Morgan fingerprint density at radius 2 is 0.833 bits per heavy atom. The number of unbranched alkanes of at least 4 members (excludes halogenated alkanes) is 19. The molecule has 0 saturated carbocycles. The summed E-state index contributed by atoms with van der Waals surface area (Å²) in [6, 6.07) is 13.9. The van der Waals surface area contributed by atoms with Crippen LogP contribution in [0.3, 0.4) is 0 Å². The van der Waals surface area contributed by atoms with Gasteiger partial charge < -0.3 is 0 Å². The normalized spacial score (nSPS) is 12.0. The van der Waals surface area contributed by atoms with Crippen LogP contribution in [0, 0.1) is 11.8 Å². The highest BCUT2D eigenvalue weighted by Crippen LogP contribution is 2.26. The van der Waals surface area contributed by atoms with Crippen LogP contribution in [0.2, 0.25) is 0 Å². The summed E-state index contributed by atoms with van der Waals surface area (Å²) in [5.41, 5.74) is 10.00. The van der Waals surface area contributed by atoms with Gasteiger partial charge in [0, 0.05) is 6.42 Å². The van der Waals surface area contributed by atoms with E-state index in [0.717, 1.165) is 67.7 Å². The minimum absolute atomic E-state index is 0.887. The van der Waals surface area contributed by atoms with Crippen LogP contribution in [0.25, 0.3) is 0 Å². The van der Waals surface area contributed by atoms with Crippen LogP contribution in [0.5, 0.6) is 0 Å². The molecule has 0 aliphatic carbocycles. The number of hydrogen-bond donors (Lipinski definition) is 0. The topological polar surface area (TPSA) is 24.7 Å². The first-order chi connectivity index (χ1) is 26.6. The fraction of sp³-hybridized carbons (Fsp3) is 0.692. The Kier molecular flexibility index (Phi) is 28.6. The zero-order valence-electron chi connectivity index (χ0n) is 36.6. The molecule has 0 spiro atoms. The van der Waals surface area contributed by atoms with Crippen molar-refractivity contribution >= 4 is 22.8 Å². The Morgan fingerprint density at radius 3 is 1.39 bits per heavy atom. The van der Waals surface area contributed by atoms with Crippen molar-refractivity contribution in [3.05, 3.63) is 58.7 Å². The molecule has 0 fully saturated rings. The predicted molar refractivity (Wildman–Crippen MR) is 244 cm³/mol. The summed E-state index contributed by atoms with van der Waals surface area (Å²) in [5.74, 6) is 7.25. The average molecular weight is 737 g/mol. The van der Waals surface area contributed by atoms with Gasteiger partial charge in [-0.3, -0.25) is 4.99 Å². The van der Waals surface area contributed by atoms with Gasteiger partial charge in [0.05, 0.1) is 17.1 Å². The Hall–Kier alpha value is -2.66. The van der Waals surface area contributed by atoms with Crippen molar-refractivity contribution < 1.29 is 0 Å². The molecular formula is C52H84N2. The van der Waals surface area contributed by atoms with Gasteiger partial charge >= 0.3 is 0 Å². The van der Waals surface area contributed by atoms with E-state index in [2.05, 4.69) is 89.8 Å². The summed E-state index contributed by atoms with van der Waals surface area (Å²) < 4.78 is 0. The molecule has 0 bridgehead atoms. The molecule has 0 aliphatic heterocycles. The number of aliphatic imine (C=N–C) groups is 2. The monoisotopic (exact) mass is 737 g/mol. The van der Waals surface area contributed by atoms with Gasteiger partial charge in [0.2, 0.25) is 0 Å². The van der Waals surface area contributed by atoms with Crippen LogP contribution >= 0.6 is 0 Å². The van der Waals surface area contributed by atoms with Crippen molar-refractivity contribution in [1.29, 1.82) is 0 Å². The van der Waals surface area contributed by atoms with Crippen molar-refractivity contribution in [2.24, 2.45) is 9.98 Å². The summed E-state index contributed by atoms with van der Waals surface area (Å²) in [7, 11) is 0. The summed E-state index contributed by atoms with van der Waals surface area (Å²) in [6.45, 7) is 13.8. The van der Waals surface area contributed by atoms with Crippen molar-refractivity contribution in [1.82, 2.24) is 0 Å². The van der Waals surface area contributed by atoms with E-state index in [-0.39, 0.29) is 0 Å². The highest BCUT2D eigenvalue weighted by Gasteiger charge is 2.12. The Balaban J connectivity index is 2.38. The molecule has 54 heavy (non-hydrogen) atoms. The van der Waals surface area contributed by atoms with E-state index in [1.807, 2.05) is 0 Å². The lowest BCUT2D eigenvalue weighted by Gasteiger charge is -2.12. The fourth-order valence-electron chi connectivity index (χ4n) is 7.58. The van der Waals surface area contributed by atoms with Crippen molar-refractivity contribution in [2.45, 2.75) is 234 Å². The maximum absolute atomic E-state index is 5.42. The molecule has 0 N–H and O–H groups in total. The lowest BCUT2D eigenvalue weighted by molar-refractivity contribution is 0.545. The Labute approximate surface area is 336 Å². The van der Waals surface area contributed by atoms with Crippen molar-refractivity contribution in [2.75, 3.05) is 0 Å². The first kappa shape index (κ1) is 47.5. The van der Waals surface area contributed by atoms with Gasteiger partial charge in [0.15, 0.2) is 0 Å². The van der Waals surface area contributed by atoms with Crippen molar-refractivity contribution in [3.63, 3.8) is 0 Å². The Morgan fingerprint density at radius 1 is 0.407 bits per heavy atom. The summed E-state index contributed by atoms with van der Waals surface area (Å²) in [6.07, 6.45) is 37.6. The first-order valence-corrected chi connectivity index (χ1v) is 23.5. The smallest absolute Gasteiger partial charge is 0.135 e. The van der Waals surface area contributed by atoms with E-state index in [1.165, 1.54) is 170 Å². The molecule has 0 radical (unpaired) electrons. The SMILES string of the molecule is CCCCCCCCCCCCCCC#CC(=Nc1ccc(CCCCC)c(CCCCC)c1)C(CCCCCC)=Nc1ccc(CCC)c(CCC)c1. The number of rotatable bonds is 32. The second-order valence-corrected chi connectivity index (χ2v) is 16.1. The zero-order chi connectivity index (χ0) is 38.9. The molecule has 0 unspecified atom stereocenters. The molecule has 2 heteroatoms. The van der Waals surface area contributed by atoms with E-state index in [4.69, 9.17) is 9.98 Å². The molecular weight excluding hydrogens is 653 g/mol. The highest BCUT2D eigenvalue weighted by molar-refractivity contribution is 6.49. The molecule has 0 aromatic heterocycles. The lowest BCUT2D eigenvalue weighted by Crippen LogP contribution is -2.12. The van der Waals surface area contributed by atoms with Crippen LogP contribution in [0.4, 0.5) is 11.4 Å². The molecule has 0 aliphatic rings. The number of nitrogens with zero attached hydrogens (tertiary/aromatic N) is 2. The second kappa shape index (κ2) is 32.6. The average Bonchev–Trinajstić information content (AvgIpc) is 3.17. The first-order valence-electron chi connectivity index (χ1n) is 23.5. The lowest BCUT2D eigenvalue weighted by atomic mass is 9.96. The zero-order valence-corrected chi connectivity index (χ0v) is 36.6. The van der Waals surface area contributed by atoms with E-state index in [9.17, 15) is 0 Å². The fourth-order valence-corrected chi connectivity index (χ4v) is 7.58. The van der Waals surface area contributed by atoms with Gasteiger partial charge in [-0.1, -0.05) is 188 Å². The minimum Gasteiger partial charge on any atom is -0.251 e. The summed E-state index contributed by atoms with van der Waals surface area (Å²) in [4.78, 5) is 10.8. The molecule has 2 aromatic carbocycles.